The van der Waals surface area contributed by atoms with Crippen LogP contribution >= 0.6 is 0 Å². The van der Waals surface area contributed by atoms with Gasteiger partial charge in [0.25, 0.3) is 0 Å². The number of amides is 1. The molecule has 0 aliphatic rings. The van der Waals surface area contributed by atoms with E-state index >= 15 is 0 Å². The number of aromatic nitrogens is 1. The van der Waals surface area contributed by atoms with E-state index in [-0.39, 0.29) is 11.8 Å². The first-order chi connectivity index (χ1) is 11.5. The summed E-state index contributed by atoms with van der Waals surface area (Å²) in [6.45, 7) is 4.49. The van der Waals surface area contributed by atoms with E-state index in [1.165, 1.54) is 0 Å². The molecule has 0 aliphatic carbocycles. The van der Waals surface area contributed by atoms with Gasteiger partial charge in [0, 0.05) is 29.8 Å². The largest absolute Gasteiger partial charge is 0.497 e. The van der Waals surface area contributed by atoms with E-state index in [2.05, 4.69) is 16.4 Å². The second-order valence-electron chi connectivity index (χ2n) is 6.25. The Hall–Kier alpha value is -2.21. The predicted molar refractivity (Wildman–Crippen MR) is 95.5 cm³/mol. The molecule has 4 N–H and O–H groups in total. The number of nitrogens with one attached hydrogen (secondary N) is 2. The Morgan fingerprint density at radius 3 is 2.62 bits per heavy atom. The zero-order valence-electron chi connectivity index (χ0n) is 14.8. The summed E-state index contributed by atoms with van der Waals surface area (Å²) >= 11 is 0. The van der Waals surface area contributed by atoms with Gasteiger partial charge in [-0.15, -0.1) is 0 Å². The number of nitrogens with two attached hydrogens (primary N) is 1. The molecule has 1 heterocycles. The molecule has 0 bridgehead atoms. The number of aryl methyl sites for hydroxylation is 1. The van der Waals surface area contributed by atoms with Crippen LogP contribution in [0, 0.1) is 5.92 Å². The molecule has 132 valence electrons. The number of fused-ring (bicyclic) bond motifs is 1. The van der Waals surface area contributed by atoms with E-state index in [1.807, 2.05) is 26.0 Å². The van der Waals surface area contributed by atoms with E-state index < -0.39 is 6.04 Å². The standard InChI is InChI=1S/C18H27N3O3/c1-11(2)17(19)18(22)20-7-5-6-12-8-14-15(21-12)9-13(23-3)10-16(14)24-4/h8-11,17,21H,5-7,19H2,1-4H3,(H,20,22)/t17-/m0/s1. The molecule has 0 saturated carbocycles. The molecule has 0 fully saturated rings. The SMILES string of the molecule is COc1cc(OC)c2cc(CCCNC(=O)[C@@H](N)C(C)C)[nH]c2c1. The van der Waals surface area contributed by atoms with Crippen molar-refractivity contribution in [3.8, 4) is 11.5 Å². The van der Waals surface area contributed by atoms with Crippen LogP contribution in [-0.2, 0) is 11.2 Å². The van der Waals surface area contributed by atoms with Crippen molar-refractivity contribution in [1.82, 2.24) is 10.3 Å². The van der Waals surface area contributed by atoms with Gasteiger partial charge in [0.1, 0.15) is 11.5 Å². The molecule has 0 spiro atoms. The number of carbonyl (C=O) groups is 1. The van der Waals surface area contributed by atoms with Gasteiger partial charge in [-0.3, -0.25) is 4.79 Å². The third-order valence-electron chi connectivity index (χ3n) is 4.13. The number of rotatable bonds is 8. The molecule has 2 aromatic rings. The van der Waals surface area contributed by atoms with Gasteiger partial charge in [-0.2, -0.15) is 0 Å². The van der Waals surface area contributed by atoms with Gasteiger partial charge in [0.15, 0.2) is 0 Å². The Morgan fingerprint density at radius 2 is 2.00 bits per heavy atom. The average Bonchev–Trinajstić information content (AvgIpc) is 2.99. The number of H-pyrrole nitrogens is 1. The van der Waals surface area contributed by atoms with Crippen molar-refractivity contribution in [2.75, 3.05) is 20.8 Å². The zero-order chi connectivity index (χ0) is 17.7. The van der Waals surface area contributed by atoms with Gasteiger partial charge in [0.05, 0.1) is 25.8 Å². The Bertz CT molecular complexity index is 694. The van der Waals surface area contributed by atoms with E-state index in [0.29, 0.717) is 6.54 Å². The van der Waals surface area contributed by atoms with Crippen molar-refractivity contribution < 1.29 is 14.3 Å². The number of methoxy groups -OCH3 is 2. The van der Waals surface area contributed by atoms with Crippen LogP contribution in [0.1, 0.15) is 26.0 Å². The van der Waals surface area contributed by atoms with Gasteiger partial charge in [0.2, 0.25) is 5.91 Å². The van der Waals surface area contributed by atoms with E-state index in [9.17, 15) is 4.79 Å². The summed E-state index contributed by atoms with van der Waals surface area (Å²) in [6.07, 6.45) is 1.67. The van der Waals surface area contributed by atoms with Crippen LogP contribution < -0.4 is 20.5 Å². The molecule has 6 nitrogen and oxygen atoms in total. The minimum absolute atomic E-state index is 0.0898. The molecule has 0 unspecified atom stereocenters. The van der Waals surface area contributed by atoms with Gasteiger partial charge < -0.3 is 25.5 Å². The number of aromatic amines is 1. The van der Waals surface area contributed by atoms with Crippen molar-refractivity contribution in [2.24, 2.45) is 11.7 Å². The molecule has 1 amide bonds. The van der Waals surface area contributed by atoms with Gasteiger partial charge in [-0.05, 0) is 24.8 Å². The Labute approximate surface area is 142 Å². The van der Waals surface area contributed by atoms with Crippen LogP contribution in [0.2, 0.25) is 0 Å². The molecule has 2 rings (SSSR count). The molecule has 0 saturated heterocycles. The molecule has 1 aromatic carbocycles. The Morgan fingerprint density at radius 1 is 1.25 bits per heavy atom. The summed E-state index contributed by atoms with van der Waals surface area (Å²) in [6, 6.07) is 5.45. The molecule has 1 atom stereocenters. The molecular formula is C18H27N3O3. The number of hydrogen-bond acceptors (Lipinski definition) is 4. The highest BCUT2D eigenvalue weighted by atomic mass is 16.5. The second-order valence-corrected chi connectivity index (χ2v) is 6.25. The second kappa shape index (κ2) is 8.06. The summed E-state index contributed by atoms with van der Waals surface area (Å²) < 4.78 is 10.7. The third-order valence-corrected chi connectivity index (χ3v) is 4.13. The average molecular weight is 333 g/mol. The highest BCUT2D eigenvalue weighted by molar-refractivity contribution is 5.88. The Kier molecular flexibility index (Phi) is 6.09. The summed E-state index contributed by atoms with van der Waals surface area (Å²) in [4.78, 5) is 15.2. The molecule has 0 radical (unpaired) electrons. The summed E-state index contributed by atoms with van der Waals surface area (Å²) in [5.74, 6) is 1.58. The van der Waals surface area contributed by atoms with E-state index in [1.54, 1.807) is 14.2 Å². The highest BCUT2D eigenvalue weighted by Crippen LogP contribution is 2.31. The topological polar surface area (TPSA) is 89.4 Å². The fraction of sp³-hybridized carbons (Fsp3) is 0.500. The van der Waals surface area contributed by atoms with Crippen molar-refractivity contribution in [3.63, 3.8) is 0 Å². The number of ether oxygens (including phenoxy) is 2. The minimum atomic E-state index is -0.449. The lowest BCUT2D eigenvalue weighted by molar-refractivity contribution is -0.123. The molecular weight excluding hydrogens is 306 g/mol. The summed E-state index contributed by atoms with van der Waals surface area (Å²) in [5, 5.41) is 3.91. The highest BCUT2D eigenvalue weighted by Gasteiger charge is 2.16. The monoisotopic (exact) mass is 333 g/mol. The van der Waals surface area contributed by atoms with Gasteiger partial charge in [-0.1, -0.05) is 13.8 Å². The van der Waals surface area contributed by atoms with E-state index in [4.69, 9.17) is 15.2 Å². The number of benzene rings is 1. The maximum absolute atomic E-state index is 11.8. The Balaban J connectivity index is 1.95. The molecule has 24 heavy (non-hydrogen) atoms. The third kappa shape index (κ3) is 4.20. The maximum atomic E-state index is 11.8. The number of hydrogen-bond donors (Lipinski definition) is 3. The van der Waals surface area contributed by atoms with Crippen LogP contribution in [0.4, 0.5) is 0 Å². The minimum Gasteiger partial charge on any atom is -0.497 e. The lowest BCUT2D eigenvalue weighted by Crippen LogP contribution is -2.44. The maximum Gasteiger partial charge on any atom is 0.237 e. The van der Waals surface area contributed by atoms with Crippen molar-refractivity contribution >= 4 is 16.8 Å². The van der Waals surface area contributed by atoms with E-state index in [0.717, 1.165) is 40.9 Å². The summed E-state index contributed by atoms with van der Waals surface area (Å²) in [7, 11) is 3.28. The van der Waals surface area contributed by atoms with Crippen LogP contribution in [-0.4, -0.2) is 37.7 Å². The lowest BCUT2D eigenvalue weighted by Gasteiger charge is -2.15. The first-order valence-electron chi connectivity index (χ1n) is 8.23. The fourth-order valence-electron chi connectivity index (χ4n) is 2.57. The normalized spacial score (nSPS) is 12.4. The lowest BCUT2D eigenvalue weighted by atomic mass is 10.1. The molecule has 6 heteroatoms. The smallest absolute Gasteiger partial charge is 0.237 e. The number of carbonyl (C=O) groups excluding carboxylic acids is 1. The van der Waals surface area contributed by atoms with Crippen LogP contribution in [0.15, 0.2) is 18.2 Å². The van der Waals surface area contributed by atoms with Crippen molar-refractivity contribution in [3.05, 3.63) is 23.9 Å². The van der Waals surface area contributed by atoms with Crippen molar-refractivity contribution in [2.45, 2.75) is 32.7 Å². The van der Waals surface area contributed by atoms with Gasteiger partial charge in [-0.25, -0.2) is 0 Å². The first kappa shape index (κ1) is 18.1. The summed E-state index contributed by atoms with van der Waals surface area (Å²) in [5.41, 5.74) is 7.89. The predicted octanol–water partition coefficient (Wildman–Crippen LogP) is 2.22. The van der Waals surface area contributed by atoms with Crippen LogP contribution in [0.25, 0.3) is 10.9 Å². The zero-order valence-corrected chi connectivity index (χ0v) is 14.8. The molecule has 0 aliphatic heterocycles. The molecule has 1 aromatic heterocycles. The van der Waals surface area contributed by atoms with Gasteiger partial charge >= 0.3 is 0 Å². The first-order valence-corrected chi connectivity index (χ1v) is 8.23. The van der Waals surface area contributed by atoms with Crippen LogP contribution in [0.5, 0.6) is 11.5 Å². The quantitative estimate of drug-likeness (QED) is 0.646. The van der Waals surface area contributed by atoms with Crippen LogP contribution in [0.3, 0.4) is 0 Å². The fourth-order valence-corrected chi connectivity index (χ4v) is 2.57. The van der Waals surface area contributed by atoms with Crippen molar-refractivity contribution in [1.29, 1.82) is 0 Å².